The Hall–Kier alpha value is -1.15. The maximum absolute atomic E-state index is 11.8. The topological polar surface area (TPSA) is 74.2 Å². The molecule has 2 N–H and O–H groups in total. The molecule has 0 aliphatic heterocycles. The third kappa shape index (κ3) is 7.78. The van der Waals surface area contributed by atoms with E-state index in [9.17, 15) is 13.2 Å². The van der Waals surface area contributed by atoms with Crippen LogP contribution in [0.25, 0.3) is 0 Å². The second-order valence-electron chi connectivity index (χ2n) is 5.01. The molecule has 19 heavy (non-hydrogen) atoms. The number of hydrogen-bond donors (Lipinski definition) is 1. The second kappa shape index (κ2) is 6.33. The van der Waals surface area contributed by atoms with Gasteiger partial charge in [0.25, 0.3) is 0 Å². The highest BCUT2D eigenvalue weighted by molar-refractivity contribution is 4.88. The van der Waals surface area contributed by atoms with Gasteiger partial charge in [-0.15, -0.1) is 0 Å². The van der Waals surface area contributed by atoms with Crippen molar-refractivity contribution in [2.24, 2.45) is 5.73 Å². The number of halogens is 3. The number of nitrogens with zero attached hydrogens (tertiary/aromatic N) is 2. The largest absolute Gasteiger partial charge is 0.411 e. The predicted octanol–water partition coefficient (Wildman–Crippen LogP) is 1.86. The fourth-order valence-corrected chi connectivity index (χ4v) is 1.27. The van der Waals surface area contributed by atoms with Crippen molar-refractivity contribution in [2.75, 3.05) is 13.2 Å². The van der Waals surface area contributed by atoms with Crippen LogP contribution in [0.1, 0.15) is 32.0 Å². The van der Waals surface area contributed by atoms with Gasteiger partial charge in [0.2, 0.25) is 5.89 Å². The molecule has 0 saturated carbocycles. The highest BCUT2D eigenvalue weighted by Crippen LogP contribution is 2.14. The van der Waals surface area contributed by atoms with Crippen LogP contribution >= 0.6 is 0 Å². The minimum Gasteiger partial charge on any atom is -0.372 e. The molecule has 5 nitrogen and oxygen atoms in total. The highest BCUT2D eigenvalue weighted by atomic mass is 19.4. The van der Waals surface area contributed by atoms with Gasteiger partial charge in [-0.05, 0) is 20.3 Å². The first-order chi connectivity index (χ1) is 8.66. The van der Waals surface area contributed by atoms with E-state index in [-0.39, 0.29) is 18.6 Å². The molecule has 0 unspecified atom stereocenters. The molecule has 0 amide bonds. The molecule has 110 valence electrons. The number of hydrogen-bond acceptors (Lipinski definition) is 5. The molecular formula is C11H18F3N3O2. The molecule has 0 fully saturated rings. The standard InChI is InChI=1S/C11H18F3N3O2/c1-10(2,15)5-3-9-16-8(17-19-9)4-6-18-7-11(12,13)14/h3-7,15H2,1-2H3. The number of rotatable bonds is 7. The number of nitrogens with two attached hydrogens (primary N) is 1. The molecular weight excluding hydrogens is 263 g/mol. The van der Waals surface area contributed by atoms with E-state index >= 15 is 0 Å². The van der Waals surface area contributed by atoms with Crippen molar-refractivity contribution in [1.82, 2.24) is 10.1 Å². The van der Waals surface area contributed by atoms with Crippen molar-refractivity contribution in [1.29, 1.82) is 0 Å². The zero-order valence-electron chi connectivity index (χ0n) is 11.0. The van der Waals surface area contributed by atoms with Gasteiger partial charge in [0.1, 0.15) is 6.61 Å². The molecule has 1 aromatic heterocycles. The van der Waals surface area contributed by atoms with Crippen molar-refractivity contribution >= 4 is 0 Å². The van der Waals surface area contributed by atoms with E-state index in [0.717, 1.165) is 0 Å². The molecule has 0 saturated heterocycles. The summed E-state index contributed by atoms with van der Waals surface area (Å²) >= 11 is 0. The highest BCUT2D eigenvalue weighted by Gasteiger charge is 2.27. The summed E-state index contributed by atoms with van der Waals surface area (Å²) in [5.41, 5.74) is 5.48. The summed E-state index contributed by atoms with van der Waals surface area (Å²) in [5.74, 6) is 0.774. The minimum atomic E-state index is -4.31. The summed E-state index contributed by atoms with van der Waals surface area (Å²) in [6.45, 7) is 2.41. The van der Waals surface area contributed by atoms with Crippen LogP contribution in [0, 0.1) is 0 Å². The van der Waals surface area contributed by atoms with Crippen molar-refractivity contribution < 1.29 is 22.4 Å². The Morgan fingerprint density at radius 2 is 1.95 bits per heavy atom. The Labute approximate surface area is 109 Å². The summed E-state index contributed by atoms with van der Waals surface area (Å²) < 4.78 is 44.9. The van der Waals surface area contributed by atoms with Crippen LogP contribution in [0.4, 0.5) is 13.2 Å². The van der Waals surface area contributed by atoms with Crippen LogP contribution in [-0.2, 0) is 17.6 Å². The first-order valence-corrected chi connectivity index (χ1v) is 5.90. The molecule has 1 heterocycles. The van der Waals surface area contributed by atoms with Crippen molar-refractivity contribution in [2.45, 2.75) is 44.8 Å². The first-order valence-electron chi connectivity index (χ1n) is 5.90. The quantitative estimate of drug-likeness (QED) is 0.772. The summed E-state index contributed by atoms with van der Waals surface area (Å²) in [6, 6.07) is 0. The van der Waals surface area contributed by atoms with Gasteiger partial charge in [0, 0.05) is 18.4 Å². The average molecular weight is 281 g/mol. The van der Waals surface area contributed by atoms with Crippen LogP contribution in [-0.4, -0.2) is 35.1 Å². The number of ether oxygens (including phenoxy) is 1. The molecule has 0 aliphatic rings. The smallest absolute Gasteiger partial charge is 0.372 e. The van der Waals surface area contributed by atoms with Gasteiger partial charge in [-0.25, -0.2) is 0 Å². The summed E-state index contributed by atoms with van der Waals surface area (Å²) in [5, 5.41) is 3.66. The maximum Gasteiger partial charge on any atom is 0.411 e. The lowest BCUT2D eigenvalue weighted by Gasteiger charge is -2.16. The first kappa shape index (κ1) is 15.9. The van der Waals surface area contributed by atoms with E-state index < -0.39 is 12.8 Å². The van der Waals surface area contributed by atoms with Gasteiger partial charge in [-0.2, -0.15) is 18.2 Å². The Kier molecular flexibility index (Phi) is 5.30. The second-order valence-corrected chi connectivity index (χ2v) is 5.01. The van der Waals surface area contributed by atoms with Gasteiger partial charge in [0.15, 0.2) is 5.82 Å². The van der Waals surface area contributed by atoms with Gasteiger partial charge >= 0.3 is 6.18 Å². The lowest BCUT2D eigenvalue weighted by atomic mass is 10.0. The third-order valence-corrected chi connectivity index (χ3v) is 2.23. The molecule has 0 aliphatic carbocycles. The Balaban J connectivity index is 2.27. The number of aryl methyl sites for hydroxylation is 1. The number of alkyl halides is 3. The predicted molar refractivity (Wildman–Crippen MR) is 61.5 cm³/mol. The Morgan fingerprint density at radius 1 is 1.26 bits per heavy atom. The van der Waals surface area contributed by atoms with Crippen molar-refractivity contribution in [3.63, 3.8) is 0 Å². The van der Waals surface area contributed by atoms with Crippen LogP contribution < -0.4 is 5.73 Å². The van der Waals surface area contributed by atoms with Gasteiger partial charge in [-0.3, -0.25) is 0 Å². The molecule has 8 heteroatoms. The van der Waals surface area contributed by atoms with Crippen LogP contribution in [0.15, 0.2) is 4.52 Å². The van der Waals surface area contributed by atoms with Crippen LogP contribution in [0.5, 0.6) is 0 Å². The van der Waals surface area contributed by atoms with Gasteiger partial charge in [0.05, 0.1) is 6.61 Å². The minimum absolute atomic E-state index is 0.0964. The SMILES string of the molecule is CC(C)(N)CCc1nc(CCOCC(F)(F)F)no1. The number of aromatic nitrogens is 2. The molecule has 0 atom stereocenters. The van der Waals surface area contributed by atoms with Gasteiger partial charge in [-0.1, -0.05) is 5.16 Å². The van der Waals surface area contributed by atoms with Crippen LogP contribution in [0.2, 0.25) is 0 Å². The Bertz CT molecular complexity index is 385. The van der Waals surface area contributed by atoms with E-state index in [1.165, 1.54) is 0 Å². The molecule has 1 rings (SSSR count). The lowest BCUT2D eigenvalue weighted by molar-refractivity contribution is -0.173. The molecule has 1 aromatic rings. The van der Waals surface area contributed by atoms with E-state index in [1.807, 2.05) is 13.8 Å². The average Bonchev–Trinajstić information content (AvgIpc) is 2.67. The fourth-order valence-electron chi connectivity index (χ4n) is 1.27. The maximum atomic E-state index is 11.8. The van der Waals surface area contributed by atoms with Crippen molar-refractivity contribution in [3.8, 4) is 0 Å². The lowest BCUT2D eigenvalue weighted by Crippen LogP contribution is -2.32. The fraction of sp³-hybridized carbons (Fsp3) is 0.818. The third-order valence-electron chi connectivity index (χ3n) is 2.23. The van der Waals surface area contributed by atoms with Crippen molar-refractivity contribution in [3.05, 3.63) is 11.7 Å². The van der Waals surface area contributed by atoms with E-state index in [2.05, 4.69) is 14.9 Å². The van der Waals surface area contributed by atoms with E-state index in [4.69, 9.17) is 10.3 Å². The molecule has 0 radical (unpaired) electrons. The summed E-state index contributed by atoms with van der Waals surface area (Å²) in [6.07, 6.45) is -2.90. The van der Waals surface area contributed by atoms with Gasteiger partial charge < -0.3 is 15.0 Å². The van der Waals surface area contributed by atoms with Crippen LogP contribution in [0.3, 0.4) is 0 Å². The van der Waals surface area contributed by atoms with E-state index in [0.29, 0.717) is 24.6 Å². The zero-order chi connectivity index (χ0) is 14.5. The molecule has 0 spiro atoms. The summed E-state index contributed by atoms with van der Waals surface area (Å²) in [4.78, 5) is 4.05. The normalized spacial score (nSPS) is 12.9. The zero-order valence-corrected chi connectivity index (χ0v) is 11.0. The monoisotopic (exact) mass is 281 g/mol. The Morgan fingerprint density at radius 3 is 2.53 bits per heavy atom. The summed E-state index contributed by atoms with van der Waals surface area (Å²) in [7, 11) is 0. The van der Waals surface area contributed by atoms with E-state index in [1.54, 1.807) is 0 Å². The molecule has 0 bridgehead atoms. The molecule has 0 aromatic carbocycles.